The smallest absolute Gasteiger partial charge is 0.269 e. The van der Waals surface area contributed by atoms with E-state index in [2.05, 4.69) is 21.7 Å². The lowest BCUT2D eigenvalue weighted by atomic mass is 9.95. The van der Waals surface area contributed by atoms with E-state index in [0.717, 1.165) is 30.1 Å². The third kappa shape index (κ3) is 4.47. The molecule has 1 amide bonds. The van der Waals surface area contributed by atoms with Gasteiger partial charge in [0.05, 0.1) is 10.2 Å². The van der Waals surface area contributed by atoms with Crippen LogP contribution in [0.25, 0.3) is 0 Å². The Bertz CT molecular complexity index is 800. The maximum Gasteiger partial charge on any atom is 0.269 e. The van der Waals surface area contributed by atoms with Gasteiger partial charge in [0.15, 0.2) is 0 Å². The summed E-state index contributed by atoms with van der Waals surface area (Å²) in [7, 11) is 0. The highest BCUT2D eigenvalue weighted by atomic mass is 32.2. The van der Waals surface area contributed by atoms with E-state index >= 15 is 0 Å². The summed E-state index contributed by atoms with van der Waals surface area (Å²) in [5, 5.41) is 18.7. The summed E-state index contributed by atoms with van der Waals surface area (Å²) in [6.45, 7) is 6.23. The number of non-ortho nitro benzene ring substituents is 1. The highest BCUT2D eigenvalue weighted by Crippen LogP contribution is 2.30. The molecule has 0 N–H and O–H groups in total. The van der Waals surface area contributed by atoms with Crippen LogP contribution in [0.3, 0.4) is 0 Å². The van der Waals surface area contributed by atoms with Gasteiger partial charge in [0.25, 0.3) is 5.69 Å². The summed E-state index contributed by atoms with van der Waals surface area (Å²) in [4.78, 5) is 25.8. The van der Waals surface area contributed by atoms with Crippen molar-refractivity contribution in [2.45, 2.75) is 49.3 Å². The number of likely N-dealkylation sites (tertiary alicyclic amines) is 1. The average molecular weight is 389 g/mol. The number of nitro benzene ring substituents is 1. The van der Waals surface area contributed by atoms with E-state index in [0.29, 0.717) is 19.0 Å². The highest BCUT2D eigenvalue weighted by molar-refractivity contribution is 8.00. The number of thioether (sulfide) groups is 1. The monoisotopic (exact) mass is 389 g/mol. The van der Waals surface area contributed by atoms with Crippen molar-refractivity contribution in [2.24, 2.45) is 0 Å². The minimum atomic E-state index is -0.424. The number of nitro groups is 1. The van der Waals surface area contributed by atoms with Gasteiger partial charge in [-0.3, -0.25) is 14.9 Å². The molecule has 8 nitrogen and oxygen atoms in total. The minimum absolute atomic E-state index is 0.0559. The Morgan fingerprint density at radius 2 is 2.00 bits per heavy atom. The Morgan fingerprint density at radius 3 is 2.59 bits per heavy atom. The van der Waals surface area contributed by atoms with Crippen molar-refractivity contribution >= 4 is 23.4 Å². The van der Waals surface area contributed by atoms with E-state index in [1.165, 1.54) is 23.9 Å². The van der Waals surface area contributed by atoms with Crippen molar-refractivity contribution in [2.75, 3.05) is 13.1 Å². The minimum Gasteiger partial charge on any atom is -0.342 e. The van der Waals surface area contributed by atoms with E-state index in [1.54, 1.807) is 18.5 Å². The number of aryl methyl sites for hydroxylation is 1. The lowest BCUT2D eigenvalue weighted by Crippen LogP contribution is -2.42. The third-order valence-electron chi connectivity index (χ3n) is 4.87. The number of amides is 1. The summed E-state index contributed by atoms with van der Waals surface area (Å²) in [6.07, 6.45) is 3.54. The fourth-order valence-electron chi connectivity index (χ4n) is 3.34. The molecule has 1 aliphatic rings. The summed E-state index contributed by atoms with van der Waals surface area (Å²) in [5.41, 5.74) is 0.0559. The van der Waals surface area contributed by atoms with Gasteiger partial charge in [-0.25, -0.2) is 0 Å². The summed E-state index contributed by atoms with van der Waals surface area (Å²) in [5.74, 6) is 1.46. The Kier molecular flexibility index (Phi) is 6.10. The molecule has 9 heteroatoms. The van der Waals surface area contributed by atoms with Gasteiger partial charge < -0.3 is 9.47 Å². The van der Waals surface area contributed by atoms with E-state index in [1.807, 2.05) is 11.8 Å². The number of nitrogens with zero attached hydrogens (tertiary/aromatic N) is 5. The molecule has 1 unspecified atom stereocenters. The first kappa shape index (κ1) is 19.3. The van der Waals surface area contributed by atoms with E-state index < -0.39 is 4.92 Å². The molecule has 144 valence electrons. The predicted octanol–water partition coefficient (Wildman–Crippen LogP) is 3.09. The van der Waals surface area contributed by atoms with Crippen molar-refractivity contribution < 1.29 is 9.72 Å². The van der Waals surface area contributed by atoms with Crippen molar-refractivity contribution in [3.8, 4) is 0 Å². The number of carbonyl (C=O) groups is 1. The molecule has 2 aromatic rings. The Balaban J connectivity index is 1.54. The zero-order chi connectivity index (χ0) is 19.4. The second-order valence-corrected chi connectivity index (χ2v) is 8.00. The Hall–Kier alpha value is -2.42. The zero-order valence-corrected chi connectivity index (χ0v) is 16.3. The molecule has 1 aromatic carbocycles. The van der Waals surface area contributed by atoms with Crippen molar-refractivity contribution in [1.29, 1.82) is 0 Å². The van der Waals surface area contributed by atoms with Crippen LogP contribution < -0.4 is 0 Å². The van der Waals surface area contributed by atoms with Gasteiger partial charge in [0.2, 0.25) is 5.91 Å². The number of piperidine rings is 1. The molecule has 1 aromatic heterocycles. The fraction of sp³-hybridized carbons (Fsp3) is 0.500. The van der Waals surface area contributed by atoms with Crippen LogP contribution in [0.15, 0.2) is 35.5 Å². The maximum absolute atomic E-state index is 12.8. The third-order valence-corrected chi connectivity index (χ3v) is 5.97. The molecule has 3 rings (SSSR count). The first-order valence-corrected chi connectivity index (χ1v) is 9.95. The first-order valence-electron chi connectivity index (χ1n) is 9.07. The van der Waals surface area contributed by atoms with Gasteiger partial charge in [0.1, 0.15) is 12.2 Å². The zero-order valence-electron chi connectivity index (χ0n) is 15.4. The SMILES string of the molecule is CCn1cnnc1C1CCN(C(=O)C(C)Sc2ccc([N+](=O)[O-])cc2)CC1. The molecule has 2 heterocycles. The molecule has 1 saturated heterocycles. The molecule has 1 aliphatic heterocycles. The second-order valence-electron chi connectivity index (χ2n) is 6.59. The molecule has 1 atom stereocenters. The summed E-state index contributed by atoms with van der Waals surface area (Å²) >= 11 is 1.43. The Morgan fingerprint density at radius 1 is 1.33 bits per heavy atom. The average Bonchev–Trinajstić information content (AvgIpc) is 3.16. The van der Waals surface area contributed by atoms with Gasteiger partial charge >= 0.3 is 0 Å². The van der Waals surface area contributed by atoms with Gasteiger partial charge in [-0.05, 0) is 38.8 Å². The van der Waals surface area contributed by atoms with Crippen LogP contribution in [-0.4, -0.2) is 48.8 Å². The standard InChI is InChI=1S/C18H23N5O3S/c1-3-21-12-19-20-17(21)14-8-10-22(11-9-14)18(24)13(2)27-16-6-4-15(5-7-16)23(25)26/h4-7,12-14H,3,8-11H2,1-2H3. The molecule has 0 aliphatic carbocycles. The number of carbonyl (C=O) groups excluding carboxylic acids is 1. The van der Waals surface area contributed by atoms with E-state index in [9.17, 15) is 14.9 Å². The van der Waals surface area contributed by atoms with Crippen LogP contribution in [-0.2, 0) is 11.3 Å². The van der Waals surface area contributed by atoms with Gasteiger partial charge in [0, 0.05) is 42.6 Å². The molecule has 27 heavy (non-hydrogen) atoms. The van der Waals surface area contributed by atoms with Crippen molar-refractivity contribution in [3.63, 3.8) is 0 Å². The topological polar surface area (TPSA) is 94.2 Å². The molecular formula is C18H23N5O3S. The van der Waals surface area contributed by atoms with Gasteiger partial charge in [-0.15, -0.1) is 22.0 Å². The fourth-order valence-corrected chi connectivity index (χ4v) is 4.29. The molecule has 1 fully saturated rings. The largest absolute Gasteiger partial charge is 0.342 e. The number of hydrogen-bond donors (Lipinski definition) is 0. The number of hydrogen-bond acceptors (Lipinski definition) is 6. The highest BCUT2D eigenvalue weighted by Gasteiger charge is 2.29. The van der Waals surface area contributed by atoms with Gasteiger partial charge in [-0.2, -0.15) is 0 Å². The maximum atomic E-state index is 12.8. The predicted molar refractivity (Wildman–Crippen MR) is 103 cm³/mol. The molecule has 0 bridgehead atoms. The van der Waals surface area contributed by atoms with E-state index in [4.69, 9.17) is 0 Å². The van der Waals surface area contributed by atoms with E-state index in [-0.39, 0.29) is 16.8 Å². The summed E-state index contributed by atoms with van der Waals surface area (Å²) < 4.78 is 2.06. The molecule has 0 saturated carbocycles. The number of aromatic nitrogens is 3. The van der Waals surface area contributed by atoms with Crippen molar-refractivity contribution in [3.05, 3.63) is 46.5 Å². The number of rotatable bonds is 6. The second kappa shape index (κ2) is 8.51. The van der Waals surface area contributed by atoms with Crippen LogP contribution in [0.4, 0.5) is 5.69 Å². The van der Waals surface area contributed by atoms with Crippen LogP contribution in [0, 0.1) is 10.1 Å². The lowest BCUT2D eigenvalue weighted by molar-refractivity contribution is -0.384. The van der Waals surface area contributed by atoms with Crippen molar-refractivity contribution in [1.82, 2.24) is 19.7 Å². The first-order chi connectivity index (χ1) is 13.0. The molecule has 0 spiro atoms. The molecule has 0 radical (unpaired) electrons. The Labute approximate surface area is 162 Å². The normalized spacial score (nSPS) is 16.3. The van der Waals surface area contributed by atoms with Crippen LogP contribution in [0.1, 0.15) is 38.4 Å². The number of benzene rings is 1. The lowest BCUT2D eigenvalue weighted by Gasteiger charge is -2.33. The van der Waals surface area contributed by atoms with Gasteiger partial charge in [-0.1, -0.05) is 0 Å². The quantitative estimate of drug-likeness (QED) is 0.428. The van der Waals surface area contributed by atoms with Crippen LogP contribution in [0.2, 0.25) is 0 Å². The molecular weight excluding hydrogens is 366 g/mol. The van der Waals surface area contributed by atoms with Crippen LogP contribution in [0.5, 0.6) is 0 Å². The van der Waals surface area contributed by atoms with Crippen LogP contribution >= 0.6 is 11.8 Å². The summed E-state index contributed by atoms with van der Waals surface area (Å²) in [6, 6.07) is 6.32.